The lowest BCUT2D eigenvalue weighted by atomic mass is 9.89. The zero-order valence-electron chi connectivity index (χ0n) is 11.7. The average Bonchev–Trinajstić information content (AvgIpc) is 2.46. The average molecular weight is 290 g/mol. The molecule has 1 amide bonds. The van der Waals surface area contributed by atoms with Gasteiger partial charge in [-0.3, -0.25) is 9.78 Å². The lowest BCUT2D eigenvalue weighted by Crippen LogP contribution is -2.47. The molecule has 112 valence electrons. The number of hydrogen-bond donors (Lipinski definition) is 1. The van der Waals surface area contributed by atoms with Gasteiger partial charge in [-0.2, -0.15) is 0 Å². The molecule has 1 N–H and O–H groups in total. The van der Waals surface area contributed by atoms with E-state index in [0.29, 0.717) is 13.2 Å². The number of pyridine rings is 1. The van der Waals surface area contributed by atoms with Gasteiger partial charge < -0.3 is 14.7 Å². The number of ether oxygens (including phenoxy) is 1. The Bertz CT molecular complexity index is 548. The Morgan fingerprint density at radius 2 is 1.95 bits per heavy atom. The topological polar surface area (TPSA) is 79.7 Å². The highest BCUT2D eigenvalue weighted by atomic mass is 16.5. The molecule has 0 radical (unpaired) electrons. The van der Waals surface area contributed by atoms with Gasteiger partial charge in [0.05, 0.1) is 24.7 Å². The second-order valence-electron chi connectivity index (χ2n) is 5.65. The molecule has 3 heterocycles. The Balaban J connectivity index is 1.61. The predicted molar refractivity (Wildman–Crippen MR) is 74.1 cm³/mol. The van der Waals surface area contributed by atoms with E-state index < -0.39 is 5.97 Å². The van der Waals surface area contributed by atoms with Crippen LogP contribution >= 0.6 is 0 Å². The lowest BCUT2D eigenvalue weighted by molar-refractivity contribution is -0.150. The molecule has 1 aromatic rings. The summed E-state index contributed by atoms with van der Waals surface area (Å²) in [6, 6.07) is 1.69. The maximum atomic E-state index is 12.1. The number of aromatic nitrogens is 1. The van der Waals surface area contributed by atoms with Crippen LogP contribution in [0.1, 0.15) is 34.7 Å². The van der Waals surface area contributed by atoms with Crippen LogP contribution in [0.15, 0.2) is 18.5 Å². The third-order valence-electron chi connectivity index (χ3n) is 4.27. The standard InChI is InChI=1S/C15H18N2O4/c18-14(13-8-21-9-13)17-3-1-10(2-4-17)11-5-12(15(19)20)7-16-6-11/h5-7,10,13H,1-4,8-9H2,(H,19,20). The SMILES string of the molecule is O=C(O)c1cncc(C2CCN(C(=O)C3COC3)CC2)c1. The summed E-state index contributed by atoms with van der Waals surface area (Å²) < 4.78 is 5.06. The summed E-state index contributed by atoms with van der Waals surface area (Å²) in [6.07, 6.45) is 4.80. The van der Waals surface area contributed by atoms with E-state index in [-0.39, 0.29) is 23.3 Å². The summed E-state index contributed by atoms with van der Waals surface area (Å²) in [5.74, 6) is -0.448. The molecule has 3 rings (SSSR count). The van der Waals surface area contributed by atoms with Crippen molar-refractivity contribution in [1.82, 2.24) is 9.88 Å². The number of aromatic carboxylic acids is 1. The molecule has 2 fully saturated rings. The number of carbonyl (C=O) groups excluding carboxylic acids is 1. The molecule has 2 saturated heterocycles. The van der Waals surface area contributed by atoms with Crippen molar-refractivity contribution in [3.05, 3.63) is 29.6 Å². The van der Waals surface area contributed by atoms with E-state index >= 15 is 0 Å². The normalized spacial score (nSPS) is 20.1. The predicted octanol–water partition coefficient (Wildman–Crippen LogP) is 1.13. The number of amides is 1. The molecule has 0 aliphatic carbocycles. The van der Waals surface area contributed by atoms with Crippen molar-refractivity contribution in [1.29, 1.82) is 0 Å². The van der Waals surface area contributed by atoms with Crippen LogP contribution in [0, 0.1) is 5.92 Å². The summed E-state index contributed by atoms with van der Waals surface area (Å²) in [6.45, 7) is 2.53. The lowest BCUT2D eigenvalue weighted by Gasteiger charge is -2.36. The smallest absolute Gasteiger partial charge is 0.337 e. The van der Waals surface area contributed by atoms with Gasteiger partial charge in [-0.1, -0.05) is 0 Å². The fraction of sp³-hybridized carbons (Fsp3) is 0.533. The Kier molecular flexibility index (Phi) is 3.88. The highest BCUT2D eigenvalue weighted by Crippen LogP contribution is 2.29. The van der Waals surface area contributed by atoms with E-state index in [2.05, 4.69) is 4.98 Å². The van der Waals surface area contributed by atoms with Crippen molar-refractivity contribution in [2.75, 3.05) is 26.3 Å². The minimum atomic E-state index is -0.957. The fourth-order valence-corrected chi connectivity index (χ4v) is 2.87. The summed E-state index contributed by atoms with van der Waals surface area (Å²) in [4.78, 5) is 29.0. The molecule has 0 saturated carbocycles. The first-order valence-electron chi connectivity index (χ1n) is 7.20. The van der Waals surface area contributed by atoms with E-state index in [9.17, 15) is 9.59 Å². The van der Waals surface area contributed by atoms with Crippen LogP contribution < -0.4 is 0 Å². The van der Waals surface area contributed by atoms with Gasteiger partial charge in [0.25, 0.3) is 0 Å². The zero-order valence-corrected chi connectivity index (χ0v) is 11.7. The molecular weight excluding hydrogens is 272 g/mol. The van der Waals surface area contributed by atoms with Crippen molar-refractivity contribution in [2.24, 2.45) is 5.92 Å². The van der Waals surface area contributed by atoms with Crippen LogP contribution in [-0.4, -0.2) is 53.2 Å². The van der Waals surface area contributed by atoms with Crippen LogP contribution in [0.3, 0.4) is 0 Å². The molecule has 0 aromatic carbocycles. The van der Waals surface area contributed by atoms with Crippen LogP contribution in [0.2, 0.25) is 0 Å². The van der Waals surface area contributed by atoms with Crippen molar-refractivity contribution >= 4 is 11.9 Å². The highest BCUT2D eigenvalue weighted by molar-refractivity contribution is 5.87. The number of nitrogens with zero attached hydrogens (tertiary/aromatic N) is 2. The second-order valence-corrected chi connectivity index (χ2v) is 5.65. The monoisotopic (exact) mass is 290 g/mol. The van der Waals surface area contributed by atoms with Crippen LogP contribution in [0.25, 0.3) is 0 Å². The molecule has 0 bridgehead atoms. The van der Waals surface area contributed by atoms with Gasteiger partial charge in [-0.25, -0.2) is 4.79 Å². The van der Waals surface area contributed by atoms with Gasteiger partial charge in [0.2, 0.25) is 5.91 Å². The van der Waals surface area contributed by atoms with Crippen LogP contribution in [0.4, 0.5) is 0 Å². The molecule has 6 heteroatoms. The van der Waals surface area contributed by atoms with E-state index in [4.69, 9.17) is 9.84 Å². The number of carbonyl (C=O) groups is 2. The quantitative estimate of drug-likeness (QED) is 0.902. The Labute approximate surface area is 122 Å². The van der Waals surface area contributed by atoms with Gasteiger partial charge in [0, 0.05) is 25.5 Å². The third kappa shape index (κ3) is 2.90. The largest absolute Gasteiger partial charge is 0.478 e. The molecule has 0 unspecified atom stereocenters. The summed E-state index contributed by atoms with van der Waals surface area (Å²) >= 11 is 0. The first kappa shape index (κ1) is 14.0. The van der Waals surface area contributed by atoms with Crippen molar-refractivity contribution in [3.63, 3.8) is 0 Å². The number of carboxylic acids is 1. The Morgan fingerprint density at radius 1 is 1.24 bits per heavy atom. The van der Waals surface area contributed by atoms with Gasteiger partial charge in [0.1, 0.15) is 0 Å². The summed E-state index contributed by atoms with van der Waals surface area (Å²) in [5.41, 5.74) is 1.17. The number of hydrogen-bond acceptors (Lipinski definition) is 4. The maximum Gasteiger partial charge on any atom is 0.337 e. The number of rotatable bonds is 3. The molecule has 21 heavy (non-hydrogen) atoms. The number of likely N-dealkylation sites (tertiary alicyclic amines) is 1. The highest BCUT2D eigenvalue weighted by Gasteiger charge is 2.33. The molecule has 0 spiro atoms. The summed E-state index contributed by atoms with van der Waals surface area (Å²) in [7, 11) is 0. The van der Waals surface area contributed by atoms with Gasteiger partial charge in [-0.05, 0) is 30.4 Å². The molecule has 2 aliphatic heterocycles. The number of carboxylic acid groups (broad SMARTS) is 1. The maximum absolute atomic E-state index is 12.1. The van der Waals surface area contributed by atoms with E-state index in [0.717, 1.165) is 31.5 Å². The van der Waals surface area contributed by atoms with Crippen molar-refractivity contribution in [2.45, 2.75) is 18.8 Å². The summed E-state index contributed by atoms with van der Waals surface area (Å²) in [5, 5.41) is 9.01. The van der Waals surface area contributed by atoms with E-state index in [1.165, 1.54) is 6.20 Å². The van der Waals surface area contributed by atoms with Crippen LogP contribution in [-0.2, 0) is 9.53 Å². The Hall–Kier alpha value is -1.95. The van der Waals surface area contributed by atoms with Crippen LogP contribution in [0.5, 0.6) is 0 Å². The third-order valence-corrected chi connectivity index (χ3v) is 4.27. The zero-order chi connectivity index (χ0) is 14.8. The molecular formula is C15H18N2O4. The van der Waals surface area contributed by atoms with Crippen molar-refractivity contribution in [3.8, 4) is 0 Å². The van der Waals surface area contributed by atoms with Gasteiger partial charge >= 0.3 is 5.97 Å². The minimum Gasteiger partial charge on any atom is -0.478 e. The first-order valence-corrected chi connectivity index (χ1v) is 7.20. The molecule has 1 aromatic heterocycles. The molecule has 2 aliphatic rings. The van der Waals surface area contributed by atoms with E-state index in [1.54, 1.807) is 12.3 Å². The fourth-order valence-electron chi connectivity index (χ4n) is 2.87. The minimum absolute atomic E-state index is 0.0403. The van der Waals surface area contributed by atoms with Crippen molar-refractivity contribution < 1.29 is 19.4 Å². The first-order chi connectivity index (χ1) is 10.1. The van der Waals surface area contributed by atoms with Gasteiger partial charge in [0.15, 0.2) is 0 Å². The van der Waals surface area contributed by atoms with Gasteiger partial charge in [-0.15, -0.1) is 0 Å². The molecule has 0 atom stereocenters. The van der Waals surface area contributed by atoms with E-state index in [1.807, 2.05) is 4.90 Å². The second kappa shape index (κ2) is 5.81. The molecule has 6 nitrogen and oxygen atoms in total. The number of piperidine rings is 1. The Morgan fingerprint density at radius 3 is 2.52 bits per heavy atom.